The SMILES string of the molecule is CCCCCCCCCCCCCCC(CCCCCCCCCCCCCC)[n+]1ccc(C)cc1. The first-order valence-corrected chi connectivity index (χ1v) is 16.7. The molecule has 0 fully saturated rings. The van der Waals surface area contributed by atoms with Crippen molar-refractivity contribution >= 4 is 0 Å². The molecule has 0 unspecified atom stereocenters. The summed E-state index contributed by atoms with van der Waals surface area (Å²) in [4.78, 5) is 0. The molecule has 1 heteroatoms. The third kappa shape index (κ3) is 20.2. The summed E-state index contributed by atoms with van der Waals surface area (Å²) < 4.78 is 2.52. The fourth-order valence-corrected chi connectivity index (χ4v) is 5.64. The van der Waals surface area contributed by atoms with Crippen LogP contribution in [0.3, 0.4) is 0 Å². The van der Waals surface area contributed by atoms with Crippen LogP contribution >= 0.6 is 0 Å². The maximum absolute atomic E-state index is 2.52. The molecule has 0 atom stereocenters. The topological polar surface area (TPSA) is 3.88 Å². The van der Waals surface area contributed by atoms with Crippen LogP contribution in [-0.2, 0) is 0 Å². The van der Waals surface area contributed by atoms with Crippen LogP contribution in [0.25, 0.3) is 0 Å². The van der Waals surface area contributed by atoms with Gasteiger partial charge in [-0.2, -0.15) is 0 Å². The molecule has 0 N–H and O–H groups in total. The quantitative estimate of drug-likeness (QED) is 0.0835. The van der Waals surface area contributed by atoms with Crippen molar-refractivity contribution < 1.29 is 4.57 Å². The summed E-state index contributed by atoms with van der Waals surface area (Å²) in [5.41, 5.74) is 1.38. The number of rotatable bonds is 27. The van der Waals surface area contributed by atoms with Crippen molar-refractivity contribution in [3.05, 3.63) is 30.1 Å². The molecule has 1 rings (SSSR count). The van der Waals surface area contributed by atoms with Crippen LogP contribution in [0.2, 0.25) is 0 Å². The zero-order chi connectivity index (χ0) is 25.9. The number of pyridine rings is 1. The molecule has 210 valence electrons. The summed E-state index contributed by atoms with van der Waals surface area (Å²) in [6.07, 6.45) is 42.0. The first-order chi connectivity index (χ1) is 17.8. The van der Waals surface area contributed by atoms with Crippen molar-refractivity contribution in [1.29, 1.82) is 0 Å². The molecule has 0 saturated carbocycles. The summed E-state index contributed by atoms with van der Waals surface area (Å²) in [5, 5.41) is 0. The predicted octanol–water partition coefficient (Wildman–Crippen LogP) is 12.0. The number of nitrogens with zero attached hydrogens (tertiary/aromatic N) is 1. The number of aromatic nitrogens is 1. The predicted molar refractivity (Wildman–Crippen MR) is 162 cm³/mol. The van der Waals surface area contributed by atoms with E-state index in [4.69, 9.17) is 0 Å². The second-order valence-corrected chi connectivity index (χ2v) is 11.8. The molecule has 0 aromatic carbocycles. The van der Waals surface area contributed by atoms with Crippen LogP contribution in [-0.4, -0.2) is 0 Å². The van der Waals surface area contributed by atoms with Gasteiger partial charge in [0.2, 0.25) is 0 Å². The molecule has 0 bridgehead atoms. The van der Waals surface area contributed by atoms with E-state index in [1.807, 2.05) is 0 Å². The lowest BCUT2D eigenvalue weighted by atomic mass is 9.99. The minimum Gasteiger partial charge on any atom is -0.202 e. The van der Waals surface area contributed by atoms with Gasteiger partial charge in [0.1, 0.15) is 0 Å². The average molecular weight is 501 g/mol. The Bertz CT molecular complexity index is 520. The van der Waals surface area contributed by atoms with Gasteiger partial charge < -0.3 is 0 Å². The van der Waals surface area contributed by atoms with E-state index >= 15 is 0 Å². The number of unbranched alkanes of at least 4 members (excludes halogenated alkanes) is 22. The van der Waals surface area contributed by atoms with Crippen LogP contribution in [0.4, 0.5) is 0 Å². The summed E-state index contributed by atoms with van der Waals surface area (Å²) in [6.45, 7) is 6.82. The lowest BCUT2D eigenvalue weighted by Crippen LogP contribution is -2.38. The van der Waals surface area contributed by atoms with Gasteiger partial charge in [-0.3, -0.25) is 0 Å². The molecule has 0 radical (unpaired) electrons. The summed E-state index contributed by atoms with van der Waals surface area (Å²) >= 11 is 0. The van der Waals surface area contributed by atoms with Gasteiger partial charge in [-0.15, -0.1) is 0 Å². The Morgan fingerprint density at radius 3 is 1.03 bits per heavy atom. The molecule has 0 saturated heterocycles. The van der Waals surface area contributed by atoms with E-state index in [-0.39, 0.29) is 0 Å². The molecular weight excluding hydrogens is 434 g/mol. The van der Waals surface area contributed by atoms with Crippen LogP contribution in [0, 0.1) is 6.92 Å². The van der Waals surface area contributed by atoms with E-state index in [9.17, 15) is 0 Å². The molecule has 0 spiro atoms. The first-order valence-electron chi connectivity index (χ1n) is 16.7. The van der Waals surface area contributed by atoms with Gasteiger partial charge in [-0.25, -0.2) is 4.57 Å². The van der Waals surface area contributed by atoms with E-state index in [2.05, 4.69) is 49.9 Å². The van der Waals surface area contributed by atoms with E-state index < -0.39 is 0 Å². The monoisotopic (exact) mass is 501 g/mol. The lowest BCUT2D eigenvalue weighted by molar-refractivity contribution is -0.724. The number of hydrogen-bond acceptors (Lipinski definition) is 0. The number of hydrogen-bond donors (Lipinski definition) is 0. The highest BCUT2D eigenvalue weighted by molar-refractivity contribution is 5.03. The Hall–Kier alpha value is -0.850. The Kier molecular flexibility index (Phi) is 23.8. The fraction of sp³-hybridized carbons (Fsp3) is 0.857. The highest BCUT2D eigenvalue weighted by Gasteiger charge is 2.17. The average Bonchev–Trinajstić information content (AvgIpc) is 2.89. The largest absolute Gasteiger partial charge is 0.202 e. The molecule has 0 aliphatic rings. The second kappa shape index (κ2) is 25.8. The maximum Gasteiger partial charge on any atom is 0.169 e. The molecule has 0 aliphatic carbocycles. The Morgan fingerprint density at radius 2 is 0.722 bits per heavy atom. The molecule has 1 aromatic rings. The second-order valence-electron chi connectivity index (χ2n) is 11.8. The van der Waals surface area contributed by atoms with E-state index in [1.54, 1.807) is 0 Å². The molecule has 0 aliphatic heterocycles. The van der Waals surface area contributed by atoms with Crippen LogP contribution in [0.1, 0.15) is 192 Å². The normalized spacial score (nSPS) is 11.6. The van der Waals surface area contributed by atoms with Crippen molar-refractivity contribution in [1.82, 2.24) is 0 Å². The molecular formula is C35H66N+. The van der Waals surface area contributed by atoms with Gasteiger partial charge in [0.05, 0.1) is 0 Å². The van der Waals surface area contributed by atoms with E-state index in [0.29, 0.717) is 6.04 Å². The Labute approximate surface area is 228 Å². The van der Waals surface area contributed by atoms with Crippen LogP contribution in [0.5, 0.6) is 0 Å². The zero-order valence-corrected chi connectivity index (χ0v) is 25.2. The molecule has 0 amide bonds. The van der Waals surface area contributed by atoms with Crippen molar-refractivity contribution in [3.8, 4) is 0 Å². The van der Waals surface area contributed by atoms with E-state index in [0.717, 1.165) is 0 Å². The Morgan fingerprint density at radius 1 is 0.444 bits per heavy atom. The summed E-state index contributed by atoms with van der Waals surface area (Å²) in [6, 6.07) is 5.28. The van der Waals surface area contributed by atoms with Crippen LogP contribution in [0.15, 0.2) is 24.5 Å². The standard InChI is InChI=1S/C35H66N/c1-4-6-8-10-12-14-16-18-20-22-24-26-28-35(36-32-30-34(3)31-33-36)29-27-25-23-21-19-17-15-13-11-9-7-5-2/h30-33,35H,4-29H2,1-3H3/q+1. The molecule has 36 heavy (non-hydrogen) atoms. The van der Waals surface area contributed by atoms with Gasteiger partial charge in [-0.05, 0) is 25.3 Å². The third-order valence-corrected chi connectivity index (χ3v) is 8.22. The van der Waals surface area contributed by atoms with Crippen molar-refractivity contribution in [3.63, 3.8) is 0 Å². The zero-order valence-electron chi connectivity index (χ0n) is 25.2. The minimum absolute atomic E-state index is 0.705. The first kappa shape index (κ1) is 33.2. The summed E-state index contributed by atoms with van der Waals surface area (Å²) in [7, 11) is 0. The molecule has 1 aromatic heterocycles. The van der Waals surface area contributed by atoms with E-state index in [1.165, 1.54) is 173 Å². The summed E-state index contributed by atoms with van der Waals surface area (Å²) in [5.74, 6) is 0. The lowest BCUT2D eigenvalue weighted by Gasteiger charge is -2.13. The van der Waals surface area contributed by atoms with Crippen LogP contribution < -0.4 is 4.57 Å². The van der Waals surface area contributed by atoms with Gasteiger partial charge in [-0.1, -0.05) is 155 Å². The minimum atomic E-state index is 0.705. The van der Waals surface area contributed by atoms with Crippen molar-refractivity contribution in [2.75, 3.05) is 0 Å². The smallest absolute Gasteiger partial charge is 0.169 e. The van der Waals surface area contributed by atoms with Gasteiger partial charge in [0.25, 0.3) is 0 Å². The van der Waals surface area contributed by atoms with Crippen molar-refractivity contribution in [2.24, 2.45) is 0 Å². The highest BCUT2D eigenvalue weighted by atomic mass is 15.0. The van der Waals surface area contributed by atoms with Gasteiger partial charge in [0, 0.05) is 25.0 Å². The Balaban J connectivity index is 2.10. The van der Waals surface area contributed by atoms with Gasteiger partial charge in [0.15, 0.2) is 18.4 Å². The molecule has 1 heterocycles. The fourth-order valence-electron chi connectivity index (χ4n) is 5.64. The highest BCUT2D eigenvalue weighted by Crippen LogP contribution is 2.20. The van der Waals surface area contributed by atoms with Crippen molar-refractivity contribution in [2.45, 2.75) is 194 Å². The third-order valence-electron chi connectivity index (χ3n) is 8.22. The maximum atomic E-state index is 2.52. The molecule has 1 nitrogen and oxygen atoms in total. The number of aryl methyl sites for hydroxylation is 1. The van der Waals surface area contributed by atoms with Gasteiger partial charge >= 0.3 is 0 Å².